The molecule has 8 nitrogen and oxygen atoms in total. The third-order valence-corrected chi connectivity index (χ3v) is 5.62. The smallest absolute Gasteiger partial charge is 0.269 e. The second-order valence-corrected chi connectivity index (χ2v) is 7.59. The highest BCUT2D eigenvalue weighted by molar-refractivity contribution is 8.05. The van der Waals surface area contributed by atoms with E-state index in [1.54, 1.807) is 30.3 Å². The molecule has 2 aromatic rings. The normalized spacial score (nSPS) is 17.7. The lowest BCUT2D eigenvalue weighted by molar-refractivity contribution is -0.384. The van der Waals surface area contributed by atoms with Crippen LogP contribution in [0.1, 0.15) is 11.1 Å². The van der Waals surface area contributed by atoms with E-state index in [-0.39, 0.29) is 28.6 Å². The highest BCUT2D eigenvalue weighted by atomic mass is 32.2. The quantitative estimate of drug-likeness (QED) is 0.350. The number of hydrogen-bond acceptors (Lipinski definition) is 6. The number of nitrogens with zero attached hydrogens (tertiary/aromatic N) is 3. The lowest BCUT2D eigenvalue weighted by Gasteiger charge is -2.18. The van der Waals surface area contributed by atoms with Crippen molar-refractivity contribution < 1.29 is 14.5 Å². The van der Waals surface area contributed by atoms with E-state index in [0.29, 0.717) is 11.3 Å². The van der Waals surface area contributed by atoms with Crippen molar-refractivity contribution in [2.24, 2.45) is 5.73 Å². The van der Waals surface area contributed by atoms with Gasteiger partial charge in [0.15, 0.2) is 0 Å². The van der Waals surface area contributed by atoms with Crippen LogP contribution in [0, 0.1) is 28.4 Å². The molecule has 0 saturated carbocycles. The van der Waals surface area contributed by atoms with Crippen LogP contribution in [0.15, 0.2) is 59.1 Å². The molecule has 1 fully saturated rings. The number of nitro benzene ring substituents is 1. The maximum atomic E-state index is 13.1. The van der Waals surface area contributed by atoms with Crippen molar-refractivity contribution in [2.75, 3.05) is 4.90 Å². The van der Waals surface area contributed by atoms with Crippen LogP contribution in [0.2, 0.25) is 0 Å². The summed E-state index contributed by atoms with van der Waals surface area (Å²) in [4.78, 5) is 36.7. The number of anilines is 1. The molecule has 29 heavy (non-hydrogen) atoms. The third-order valence-electron chi connectivity index (χ3n) is 4.36. The van der Waals surface area contributed by atoms with Gasteiger partial charge < -0.3 is 5.73 Å². The molecule has 0 aliphatic carbocycles. The number of nitro groups is 1. The van der Waals surface area contributed by atoms with E-state index in [4.69, 9.17) is 5.73 Å². The minimum atomic E-state index is -0.920. The first-order valence-electron chi connectivity index (χ1n) is 8.56. The molecule has 146 valence electrons. The van der Waals surface area contributed by atoms with Gasteiger partial charge in [0.05, 0.1) is 10.2 Å². The summed E-state index contributed by atoms with van der Waals surface area (Å²) in [7, 11) is 0. The lowest BCUT2D eigenvalue weighted by Crippen LogP contribution is -2.31. The van der Waals surface area contributed by atoms with E-state index in [2.05, 4.69) is 0 Å². The van der Waals surface area contributed by atoms with Crippen LogP contribution in [0.5, 0.6) is 0 Å². The topological polar surface area (TPSA) is 130 Å². The number of carbonyl (C=O) groups is 2. The van der Waals surface area contributed by atoms with Gasteiger partial charge in [0.2, 0.25) is 5.91 Å². The van der Waals surface area contributed by atoms with Gasteiger partial charge in [0.1, 0.15) is 16.7 Å². The van der Waals surface area contributed by atoms with Crippen molar-refractivity contribution in [3.05, 3.63) is 80.4 Å². The summed E-state index contributed by atoms with van der Waals surface area (Å²) in [5, 5.41) is 19.9. The molecule has 9 heteroatoms. The molecular formula is C20H16N4O4S. The zero-order valence-electron chi connectivity index (χ0n) is 15.4. The maximum absolute atomic E-state index is 13.1. The zero-order valence-corrected chi connectivity index (χ0v) is 16.2. The van der Waals surface area contributed by atoms with Crippen LogP contribution in [0.3, 0.4) is 0 Å². The van der Waals surface area contributed by atoms with Crippen molar-refractivity contribution in [1.29, 1.82) is 5.26 Å². The number of nitriles is 1. The van der Waals surface area contributed by atoms with Gasteiger partial charge in [-0.2, -0.15) is 5.26 Å². The highest BCUT2D eigenvalue weighted by Gasteiger charge is 2.40. The average Bonchev–Trinajstić information content (AvgIpc) is 2.99. The van der Waals surface area contributed by atoms with E-state index in [9.17, 15) is 25.0 Å². The Hall–Kier alpha value is -3.64. The minimum Gasteiger partial charge on any atom is -0.365 e. The number of benzene rings is 2. The number of rotatable bonds is 5. The van der Waals surface area contributed by atoms with E-state index >= 15 is 0 Å². The molecule has 1 saturated heterocycles. The molecule has 0 bridgehead atoms. The van der Waals surface area contributed by atoms with Crippen molar-refractivity contribution in [1.82, 2.24) is 0 Å². The Morgan fingerprint density at radius 3 is 2.59 bits per heavy atom. The van der Waals surface area contributed by atoms with Crippen LogP contribution >= 0.6 is 11.8 Å². The fraction of sp³-hybridized carbons (Fsp3) is 0.150. The Bertz CT molecular complexity index is 1070. The summed E-state index contributed by atoms with van der Waals surface area (Å²) in [5.41, 5.74) is 7.08. The fourth-order valence-corrected chi connectivity index (χ4v) is 4.26. The van der Waals surface area contributed by atoms with Gasteiger partial charge in [-0.3, -0.25) is 24.6 Å². The van der Waals surface area contributed by atoms with Gasteiger partial charge in [-0.15, -0.1) is 0 Å². The molecule has 0 spiro atoms. The standard InChI is InChI=1S/C20H16N4O4S/c1-12-5-7-14(8-6-12)23-19(26)17(29-20(23)16(11-21)18(22)25)10-13-3-2-4-15(9-13)24(27)28/h2-9,17H,10H2,1H3,(H2,22,25)/b20-16-. The fourth-order valence-electron chi connectivity index (χ4n) is 2.94. The van der Waals surface area contributed by atoms with Crippen LogP contribution in [-0.4, -0.2) is 22.0 Å². The number of thioether (sulfide) groups is 1. The van der Waals surface area contributed by atoms with Gasteiger partial charge in [-0.05, 0) is 31.0 Å². The van der Waals surface area contributed by atoms with E-state index < -0.39 is 16.1 Å². The Labute approximate surface area is 170 Å². The van der Waals surface area contributed by atoms with Crippen LogP contribution in [-0.2, 0) is 16.0 Å². The number of primary amides is 1. The predicted octanol–water partition coefficient (Wildman–Crippen LogP) is 2.81. The Morgan fingerprint density at radius 1 is 1.31 bits per heavy atom. The van der Waals surface area contributed by atoms with Crippen molar-refractivity contribution in [3.8, 4) is 6.07 Å². The molecule has 3 rings (SSSR count). The maximum Gasteiger partial charge on any atom is 0.269 e. The first kappa shape index (κ1) is 20.1. The molecule has 1 heterocycles. The second kappa shape index (κ2) is 8.16. The Balaban J connectivity index is 2.01. The van der Waals surface area contributed by atoms with Crippen molar-refractivity contribution in [3.63, 3.8) is 0 Å². The van der Waals surface area contributed by atoms with E-state index in [0.717, 1.165) is 17.3 Å². The van der Waals surface area contributed by atoms with Crippen LogP contribution < -0.4 is 10.6 Å². The minimum absolute atomic E-state index is 0.0704. The SMILES string of the molecule is Cc1ccc(N2C(=O)C(Cc3cccc([N+](=O)[O-])c3)S/C2=C(/C#N)C(N)=O)cc1. The van der Waals surface area contributed by atoms with Crippen LogP contribution in [0.25, 0.3) is 0 Å². The largest absolute Gasteiger partial charge is 0.365 e. The first-order chi connectivity index (χ1) is 13.8. The molecule has 2 amide bonds. The molecule has 1 aliphatic heterocycles. The third kappa shape index (κ3) is 4.12. The summed E-state index contributed by atoms with van der Waals surface area (Å²) in [6.07, 6.45) is 0.203. The van der Waals surface area contributed by atoms with Gasteiger partial charge in [-0.1, -0.05) is 41.6 Å². The van der Waals surface area contributed by atoms with Gasteiger partial charge in [0.25, 0.3) is 11.6 Å². The number of amides is 2. The molecule has 1 unspecified atom stereocenters. The summed E-state index contributed by atoms with van der Waals surface area (Å²) >= 11 is 1.06. The molecule has 2 N–H and O–H groups in total. The number of aryl methyl sites for hydroxylation is 1. The highest BCUT2D eigenvalue weighted by Crippen LogP contribution is 2.42. The summed E-state index contributed by atoms with van der Waals surface area (Å²) in [6.45, 7) is 1.90. The second-order valence-electron chi connectivity index (χ2n) is 6.40. The van der Waals surface area contributed by atoms with Crippen molar-refractivity contribution in [2.45, 2.75) is 18.6 Å². The van der Waals surface area contributed by atoms with Crippen LogP contribution in [0.4, 0.5) is 11.4 Å². The zero-order chi connectivity index (χ0) is 21.1. The molecular weight excluding hydrogens is 392 g/mol. The Morgan fingerprint density at radius 2 is 2.00 bits per heavy atom. The summed E-state index contributed by atoms with van der Waals surface area (Å²) in [6, 6.07) is 14.9. The number of nitrogens with two attached hydrogens (primary N) is 1. The first-order valence-corrected chi connectivity index (χ1v) is 9.44. The monoisotopic (exact) mass is 408 g/mol. The molecule has 0 aromatic heterocycles. The molecule has 0 radical (unpaired) electrons. The average molecular weight is 408 g/mol. The lowest BCUT2D eigenvalue weighted by atomic mass is 10.1. The van der Waals surface area contributed by atoms with E-state index in [1.165, 1.54) is 17.0 Å². The molecule has 1 aliphatic rings. The summed E-state index contributed by atoms with van der Waals surface area (Å²) < 4.78 is 0. The predicted molar refractivity (Wildman–Crippen MR) is 109 cm³/mol. The number of carbonyl (C=O) groups excluding carboxylic acids is 2. The van der Waals surface area contributed by atoms with Gasteiger partial charge in [-0.25, -0.2) is 0 Å². The molecule has 2 aromatic carbocycles. The van der Waals surface area contributed by atoms with E-state index in [1.807, 2.05) is 19.1 Å². The Kier molecular flexibility index (Phi) is 5.66. The molecule has 1 atom stereocenters. The number of non-ortho nitro benzene ring substituents is 1. The van der Waals surface area contributed by atoms with Gasteiger partial charge >= 0.3 is 0 Å². The number of hydrogen-bond donors (Lipinski definition) is 1. The van der Waals surface area contributed by atoms with Gasteiger partial charge in [0, 0.05) is 17.8 Å². The summed E-state index contributed by atoms with van der Waals surface area (Å²) in [5.74, 6) is -1.25. The van der Waals surface area contributed by atoms with Crippen molar-refractivity contribution >= 4 is 35.0 Å².